The number of nitrogens with one attached hydrogen (secondary N) is 8. The molecule has 2 aliphatic rings. The van der Waals surface area contributed by atoms with Gasteiger partial charge in [0.15, 0.2) is 6.10 Å². The fourth-order valence-electron chi connectivity index (χ4n) is 12.9. The third-order valence-corrected chi connectivity index (χ3v) is 20.4. The van der Waals surface area contributed by atoms with Crippen molar-refractivity contribution in [2.75, 3.05) is 103 Å². The van der Waals surface area contributed by atoms with Crippen LogP contribution in [0.3, 0.4) is 0 Å². The van der Waals surface area contributed by atoms with Crippen LogP contribution < -0.4 is 47.4 Å². The van der Waals surface area contributed by atoms with Crippen LogP contribution in [0.4, 0.5) is 11.4 Å². The van der Waals surface area contributed by atoms with Gasteiger partial charge in [-0.05, 0) is 118 Å². The fourth-order valence-corrected chi connectivity index (χ4v) is 13.8. The number of unbranched alkanes of at least 4 members (excludes halogenated alkanes) is 3. The number of thiazole rings is 1. The number of rotatable bonds is 45. The van der Waals surface area contributed by atoms with Crippen LogP contribution in [0.15, 0.2) is 84.3 Å². The maximum atomic E-state index is 15.1. The Hall–Kier alpha value is -8.63. The SMILES string of the molecule is CCCCCCN(C(=O)[C@@H](NCC1CCCCN1C)[C@@H](C)CC)[C@H](C[C@@H](OC(C)=O)c1nc(C(=O)N[C@@H](Cc2ccc(NCC(=O)NCCOCCOCCNC(=O)CNC(=O)CNC(=O)CNC(=O)CCC(=O)N3Cc4ccccc4C(C)/C=C\c4ccccc43)cc2)CC(C)(C)C(=O)O)cs1)C(C)C. The van der Waals surface area contributed by atoms with Crippen LogP contribution in [0, 0.1) is 17.3 Å². The summed E-state index contributed by atoms with van der Waals surface area (Å²) in [6.07, 6.45) is 11.8. The molecule has 8 amide bonds. The Morgan fingerprint density at radius 1 is 0.755 bits per heavy atom. The van der Waals surface area contributed by atoms with Crippen molar-refractivity contribution in [1.29, 1.82) is 0 Å². The van der Waals surface area contributed by atoms with E-state index in [1.54, 1.807) is 36.3 Å². The predicted octanol–water partition coefficient (Wildman–Crippen LogP) is 8.07. The number of ether oxygens (including phenoxy) is 3. The average molecular weight is 1490 g/mol. The number of carbonyl (C=O) groups excluding carboxylic acids is 9. The molecule has 0 radical (unpaired) electrons. The van der Waals surface area contributed by atoms with Crippen LogP contribution >= 0.6 is 11.3 Å². The number of piperidine rings is 1. The molecule has 1 aromatic heterocycles. The molecule has 2 unspecified atom stereocenters. The first kappa shape index (κ1) is 86.3. The smallest absolute Gasteiger partial charge is 0.309 e. The molecule has 3 aromatic carbocycles. The molecule has 582 valence electrons. The van der Waals surface area contributed by atoms with Gasteiger partial charge in [0.25, 0.3) is 5.91 Å². The van der Waals surface area contributed by atoms with Gasteiger partial charge in [-0.2, -0.15) is 0 Å². The van der Waals surface area contributed by atoms with Gasteiger partial charge in [-0.1, -0.05) is 140 Å². The molecule has 7 atom stereocenters. The third-order valence-electron chi connectivity index (χ3n) is 19.4. The van der Waals surface area contributed by atoms with Gasteiger partial charge in [0.2, 0.25) is 41.4 Å². The summed E-state index contributed by atoms with van der Waals surface area (Å²) in [5, 5.41) is 34.8. The monoisotopic (exact) mass is 1490 g/mol. The standard InChI is InChI=1S/C79H116N12O14S/c1-11-13-14-20-38-90(77(100)74(54(5)12-2)86-46-62-24-19-21-37-89(62)10)66(53(3)4)44-67(105-56(7)92)76-88-64(52-106-76)75(99)87-61(45-79(8,9)78(101)102)43-57-28-31-60(32-29-57)82-47-69(94)80-35-39-103-41-42-104-40-36-81-70(95)48-84-72(97)50-85-71(96)49-83-68(93)33-34-73(98)91-51-59-23-15-17-25-63(59)55(6)27-30-58-22-16-18-26-65(58)91/h15-18,22-23,25-32,52-55,61-62,66-67,74,82,86H,11-14,19-21,24,33-51H2,1-10H3,(H,80,94)(H,81,95)(H,83,93)(H,84,97)(H,85,96)(H,87,99)(H,101,102)/b30-27-/t54-,55?,61-,62?,66+,67+,74-/m0/s1. The van der Waals surface area contributed by atoms with Gasteiger partial charge in [-0.3, -0.25) is 47.9 Å². The second-order valence-electron chi connectivity index (χ2n) is 28.7. The number of likely N-dealkylation sites (tertiary alicyclic amines) is 1. The Labute approximate surface area is 629 Å². The minimum Gasteiger partial charge on any atom is -0.481 e. The van der Waals surface area contributed by atoms with E-state index in [2.05, 4.69) is 102 Å². The van der Waals surface area contributed by atoms with Crippen LogP contribution in [-0.4, -0.2) is 196 Å². The quantitative estimate of drug-likeness (QED) is 0.0149. The van der Waals surface area contributed by atoms with Gasteiger partial charge < -0.3 is 76.6 Å². The second kappa shape index (κ2) is 45.1. The number of benzene rings is 3. The molecule has 26 nitrogen and oxygen atoms in total. The highest BCUT2D eigenvalue weighted by Gasteiger charge is 2.38. The van der Waals surface area contributed by atoms with E-state index >= 15 is 4.79 Å². The topological polar surface area (TPSA) is 337 Å². The van der Waals surface area contributed by atoms with E-state index in [1.165, 1.54) is 24.7 Å². The number of aromatic nitrogens is 1. The Balaban J connectivity index is 0.860. The number of allylic oxidation sites excluding steroid dienone is 1. The van der Waals surface area contributed by atoms with Gasteiger partial charge in [0.1, 0.15) is 10.7 Å². The van der Waals surface area contributed by atoms with Crippen LogP contribution in [0.2, 0.25) is 0 Å². The highest BCUT2D eigenvalue weighted by atomic mass is 32.1. The lowest BCUT2D eigenvalue weighted by Crippen LogP contribution is -2.57. The van der Waals surface area contributed by atoms with Gasteiger partial charge in [-0.15, -0.1) is 11.3 Å². The zero-order valence-electron chi connectivity index (χ0n) is 63.8. The zero-order valence-corrected chi connectivity index (χ0v) is 64.6. The summed E-state index contributed by atoms with van der Waals surface area (Å²) in [5.41, 5.74) is 4.07. The lowest BCUT2D eigenvalue weighted by molar-refractivity contribution is -0.149. The normalized spacial score (nSPS) is 16.2. The Bertz CT molecular complexity index is 3530. The first-order valence-electron chi connectivity index (χ1n) is 37.6. The Kier molecular flexibility index (Phi) is 36.7. The molecule has 0 saturated carbocycles. The van der Waals surface area contributed by atoms with E-state index in [0.717, 1.165) is 79.4 Å². The van der Waals surface area contributed by atoms with E-state index < -0.39 is 78.2 Å². The molecule has 106 heavy (non-hydrogen) atoms. The van der Waals surface area contributed by atoms with Gasteiger partial charge in [0.05, 0.1) is 76.3 Å². The summed E-state index contributed by atoms with van der Waals surface area (Å²) in [4.78, 5) is 142. The van der Waals surface area contributed by atoms with Crippen molar-refractivity contribution in [3.05, 3.63) is 117 Å². The number of anilines is 2. The number of carboxylic acid groups (broad SMARTS) is 1. The Morgan fingerprint density at radius 3 is 2.04 bits per heavy atom. The maximum Gasteiger partial charge on any atom is 0.309 e. The summed E-state index contributed by atoms with van der Waals surface area (Å²) >= 11 is 1.19. The van der Waals surface area contributed by atoms with Crippen LogP contribution in [0.1, 0.15) is 189 Å². The summed E-state index contributed by atoms with van der Waals surface area (Å²) in [5.74, 6) is -4.60. The minimum absolute atomic E-state index is 0.0219. The summed E-state index contributed by atoms with van der Waals surface area (Å²) in [6.45, 7) is 19.8. The van der Waals surface area contributed by atoms with E-state index in [-0.39, 0.29) is 132 Å². The van der Waals surface area contributed by atoms with E-state index in [0.29, 0.717) is 36.4 Å². The molecule has 1 fully saturated rings. The molecule has 9 N–H and O–H groups in total. The number of aliphatic carboxylic acids is 1. The molecule has 0 aliphatic carbocycles. The predicted molar refractivity (Wildman–Crippen MR) is 411 cm³/mol. The van der Waals surface area contributed by atoms with Crippen LogP contribution in [-0.2, 0) is 70.3 Å². The van der Waals surface area contributed by atoms with Crippen molar-refractivity contribution < 1.29 is 67.3 Å². The molecular weight excluding hydrogens is 1370 g/mol. The number of esters is 1. The van der Waals surface area contributed by atoms with Gasteiger partial charge in [0, 0.05) is 81.6 Å². The van der Waals surface area contributed by atoms with Crippen molar-refractivity contribution in [3.63, 3.8) is 0 Å². The lowest BCUT2D eigenvalue weighted by Gasteiger charge is -2.40. The van der Waals surface area contributed by atoms with E-state index in [4.69, 9.17) is 19.2 Å². The molecule has 6 rings (SSSR count). The molecule has 27 heteroatoms. The van der Waals surface area contributed by atoms with Crippen molar-refractivity contribution in [1.82, 2.24) is 52.0 Å². The number of carbonyl (C=O) groups is 10. The number of likely N-dealkylation sites (N-methyl/N-ethyl adjacent to an activating group) is 1. The molecule has 2 aliphatic heterocycles. The van der Waals surface area contributed by atoms with E-state index in [1.807, 2.05) is 71.6 Å². The number of amides is 8. The van der Waals surface area contributed by atoms with Gasteiger partial charge >= 0.3 is 11.9 Å². The lowest BCUT2D eigenvalue weighted by atomic mass is 9.84. The first-order chi connectivity index (χ1) is 50.8. The second-order valence-corrected chi connectivity index (χ2v) is 29.6. The fraction of sp³-hybridized carbons (Fsp3) is 0.582. The van der Waals surface area contributed by atoms with E-state index in [9.17, 15) is 48.3 Å². The number of nitrogens with zero attached hydrogens (tertiary/aromatic N) is 4. The summed E-state index contributed by atoms with van der Waals surface area (Å²) in [7, 11) is 2.15. The summed E-state index contributed by atoms with van der Waals surface area (Å²) in [6, 6.07) is 21.8. The largest absolute Gasteiger partial charge is 0.481 e. The maximum absolute atomic E-state index is 15.1. The molecular formula is C79H116N12O14S. The average Bonchev–Trinajstić information content (AvgIpc) is 1.79. The zero-order chi connectivity index (χ0) is 77.1. The van der Waals surface area contributed by atoms with Crippen molar-refractivity contribution in [2.24, 2.45) is 17.3 Å². The first-order valence-corrected chi connectivity index (χ1v) is 38.5. The summed E-state index contributed by atoms with van der Waals surface area (Å²) < 4.78 is 17.1. The van der Waals surface area contributed by atoms with Gasteiger partial charge in [-0.25, -0.2) is 4.98 Å². The minimum atomic E-state index is -1.21. The van der Waals surface area contributed by atoms with Crippen molar-refractivity contribution >= 4 is 88.0 Å². The number of para-hydroxylation sites is 1. The molecule has 1 saturated heterocycles. The molecule has 3 heterocycles. The highest BCUT2D eigenvalue weighted by Crippen LogP contribution is 2.35. The number of fused-ring (bicyclic) bond motifs is 2. The molecule has 0 spiro atoms. The number of carboxylic acids is 1. The van der Waals surface area contributed by atoms with Crippen molar-refractivity contribution in [3.8, 4) is 0 Å². The highest BCUT2D eigenvalue weighted by molar-refractivity contribution is 7.09. The van der Waals surface area contributed by atoms with Crippen molar-refractivity contribution in [2.45, 2.75) is 189 Å². The number of hydrogen-bond acceptors (Lipinski definition) is 18. The third kappa shape index (κ3) is 29.3. The molecule has 4 aromatic rings. The Morgan fingerprint density at radius 2 is 1.40 bits per heavy atom. The van der Waals surface area contributed by atoms with Crippen LogP contribution in [0.5, 0.6) is 0 Å². The van der Waals surface area contributed by atoms with Crippen LogP contribution in [0.25, 0.3) is 6.08 Å². The molecule has 0 bridgehead atoms. The number of hydrogen-bond donors (Lipinski definition) is 9.